The molecule has 0 bridgehead atoms. The molecule has 0 amide bonds. The fourth-order valence-corrected chi connectivity index (χ4v) is 2.65. The van der Waals surface area contributed by atoms with Gasteiger partial charge in [0.25, 0.3) is 0 Å². The van der Waals surface area contributed by atoms with Gasteiger partial charge in [-0.2, -0.15) is 0 Å². The first-order chi connectivity index (χ1) is 9.49. The molecule has 1 aromatic rings. The van der Waals surface area contributed by atoms with Crippen LogP contribution in [0.5, 0.6) is 5.75 Å². The fourth-order valence-electron chi connectivity index (χ4n) is 2.65. The van der Waals surface area contributed by atoms with Crippen molar-refractivity contribution >= 4 is 5.97 Å². The Hall–Kier alpha value is -1.62. The van der Waals surface area contributed by atoms with Crippen LogP contribution < -0.4 is 4.74 Å². The summed E-state index contributed by atoms with van der Waals surface area (Å²) in [6.07, 6.45) is 0.744. The highest BCUT2D eigenvalue weighted by molar-refractivity contribution is 5.67. The molecule has 1 aromatic carbocycles. The van der Waals surface area contributed by atoms with E-state index in [0.29, 0.717) is 13.0 Å². The maximum absolute atomic E-state index is 13.2. The zero-order chi connectivity index (χ0) is 14.7. The maximum Gasteiger partial charge on any atom is 0.304 e. The highest BCUT2D eigenvalue weighted by Crippen LogP contribution is 2.29. The highest BCUT2D eigenvalue weighted by atomic mass is 19.1. The van der Waals surface area contributed by atoms with Crippen molar-refractivity contribution in [2.75, 3.05) is 13.1 Å². The molecule has 4 nitrogen and oxygen atoms in total. The van der Waals surface area contributed by atoms with Crippen LogP contribution in [0.4, 0.5) is 4.39 Å². The number of ether oxygens (including phenoxy) is 1. The van der Waals surface area contributed by atoms with Crippen LogP contribution in [-0.4, -0.2) is 41.2 Å². The van der Waals surface area contributed by atoms with Gasteiger partial charge in [0.2, 0.25) is 0 Å². The van der Waals surface area contributed by atoms with E-state index in [9.17, 15) is 9.18 Å². The number of halogens is 1. The highest BCUT2D eigenvalue weighted by Gasteiger charge is 2.27. The molecule has 1 aliphatic heterocycles. The van der Waals surface area contributed by atoms with Crippen LogP contribution in [-0.2, 0) is 11.2 Å². The van der Waals surface area contributed by atoms with Gasteiger partial charge in [-0.3, -0.25) is 9.69 Å². The molecule has 0 spiro atoms. The van der Waals surface area contributed by atoms with Gasteiger partial charge in [-0.05, 0) is 31.7 Å². The number of carboxylic acid groups (broad SMARTS) is 1. The average Bonchev–Trinajstić information content (AvgIpc) is 2.76. The Morgan fingerprint density at radius 1 is 1.60 bits per heavy atom. The van der Waals surface area contributed by atoms with Crippen LogP contribution >= 0.6 is 0 Å². The summed E-state index contributed by atoms with van der Waals surface area (Å²) >= 11 is 0. The molecule has 2 unspecified atom stereocenters. The smallest absolute Gasteiger partial charge is 0.304 e. The van der Waals surface area contributed by atoms with E-state index in [0.717, 1.165) is 17.9 Å². The minimum absolute atomic E-state index is 0.0389. The summed E-state index contributed by atoms with van der Waals surface area (Å²) in [5.74, 6) is -0.313. The molecule has 1 aliphatic rings. The average molecular weight is 281 g/mol. The number of likely N-dealkylation sites (N-methyl/N-ethyl adjacent to an activating group) is 1. The summed E-state index contributed by atoms with van der Waals surface area (Å²) in [6, 6.07) is 4.52. The quantitative estimate of drug-likeness (QED) is 0.869. The molecule has 1 heterocycles. The second-order valence-corrected chi connectivity index (χ2v) is 5.23. The van der Waals surface area contributed by atoms with Crippen LogP contribution in [0.3, 0.4) is 0 Å². The van der Waals surface area contributed by atoms with Crippen LogP contribution in [0.1, 0.15) is 25.8 Å². The van der Waals surface area contributed by atoms with Gasteiger partial charge in [-0.25, -0.2) is 4.39 Å². The van der Waals surface area contributed by atoms with Crippen molar-refractivity contribution in [1.82, 2.24) is 4.90 Å². The molecule has 2 atom stereocenters. The number of aliphatic carboxylic acids is 1. The minimum atomic E-state index is -0.798. The minimum Gasteiger partial charge on any atom is -0.488 e. The standard InChI is InChI=1S/C15H20FNO3/c1-3-17(10(2)6-15(18)19)9-13-8-11-7-12(16)4-5-14(11)20-13/h4-5,7,10,13H,3,6,8-9H2,1-2H3,(H,18,19). The molecular weight excluding hydrogens is 261 g/mol. The predicted molar refractivity (Wildman–Crippen MR) is 73.5 cm³/mol. The zero-order valence-corrected chi connectivity index (χ0v) is 11.8. The zero-order valence-electron chi connectivity index (χ0n) is 11.8. The van der Waals surface area contributed by atoms with Crippen molar-refractivity contribution in [2.24, 2.45) is 0 Å². The van der Waals surface area contributed by atoms with Crippen molar-refractivity contribution in [1.29, 1.82) is 0 Å². The lowest BCUT2D eigenvalue weighted by atomic mass is 10.1. The number of carboxylic acids is 1. The Balaban J connectivity index is 1.96. The lowest BCUT2D eigenvalue weighted by Gasteiger charge is -2.29. The normalized spacial score (nSPS) is 18.7. The van der Waals surface area contributed by atoms with Crippen molar-refractivity contribution in [3.8, 4) is 5.75 Å². The number of nitrogens with zero attached hydrogens (tertiary/aromatic N) is 1. The van der Waals surface area contributed by atoms with E-state index in [1.165, 1.54) is 12.1 Å². The van der Waals surface area contributed by atoms with E-state index < -0.39 is 5.97 Å². The second-order valence-electron chi connectivity index (χ2n) is 5.23. The van der Waals surface area contributed by atoms with E-state index in [4.69, 9.17) is 9.84 Å². The predicted octanol–water partition coefficient (Wildman–Crippen LogP) is 2.31. The summed E-state index contributed by atoms with van der Waals surface area (Å²) in [5, 5.41) is 8.86. The Kier molecular flexibility index (Phi) is 4.60. The summed E-state index contributed by atoms with van der Waals surface area (Å²) in [7, 11) is 0. The Labute approximate surface area is 118 Å². The van der Waals surface area contributed by atoms with Gasteiger partial charge in [0.05, 0.1) is 6.42 Å². The third-order valence-electron chi connectivity index (χ3n) is 3.70. The fraction of sp³-hybridized carbons (Fsp3) is 0.533. The van der Waals surface area contributed by atoms with Crippen molar-refractivity contribution < 1.29 is 19.0 Å². The molecule has 110 valence electrons. The SMILES string of the molecule is CCN(CC1Cc2cc(F)ccc2O1)C(C)CC(=O)O. The van der Waals surface area contributed by atoms with Crippen LogP contribution in [0.15, 0.2) is 18.2 Å². The van der Waals surface area contributed by atoms with Gasteiger partial charge in [0.15, 0.2) is 0 Å². The Bertz CT molecular complexity index is 492. The number of rotatable bonds is 6. The number of carbonyl (C=O) groups is 1. The Morgan fingerprint density at radius 3 is 3.00 bits per heavy atom. The molecule has 0 aliphatic carbocycles. The van der Waals surface area contributed by atoms with Gasteiger partial charge in [0, 0.05) is 24.6 Å². The molecule has 20 heavy (non-hydrogen) atoms. The largest absolute Gasteiger partial charge is 0.488 e. The molecular formula is C15H20FNO3. The number of fused-ring (bicyclic) bond motifs is 1. The monoisotopic (exact) mass is 281 g/mol. The molecule has 0 saturated heterocycles. The molecule has 1 N–H and O–H groups in total. The van der Waals surface area contributed by atoms with Gasteiger partial charge >= 0.3 is 5.97 Å². The van der Waals surface area contributed by atoms with Crippen molar-refractivity contribution in [2.45, 2.75) is 38.8 Å². The third kappa shape index (κ3) is 3.48. The van der Waals surface area contributed by atoms with Crippen molar-refractivity contribution in [3.05, 3.63) is 29.6 Å². The maximum atomic E-state index is 13.2. The van der Waals surface area contributed by atoms with Gasteiger partial charge in [-0.1, -0.05) is 6.92 Å². The topological polar surface area (TPSA) is 49.8 Å². The van der Waals surface area contributed by atoms with Crippen LogP contribution in [0, 0.1) is 5.82 Å². The molecule has 0 saturated carbocycles. The van der Waals surface area contributed by atoms with Crippen molar-refractivity contribution in [3.63, 3.8) is 0 Å². The molecule has 0 fully saturated rings. The summed E-state index contributed by atoms with van der Waals surface area (Å²) in [4.78, 5) is 12.9. The first-order valence-electron chi connectivity index (χ1n) is 6.90. The molecule has 0 aromatic heterocycles. The van der Waals surface area contributed by atoms with Crippen LogP contribution in [0.25, 0.3) is 0 Å². The first kappa shape index (κ1) is 14.8. The second kappa shape index (κ2) is 6.22. The number of hydrogen-bond acceptors (Lipinski definition) is 3. The van der Waals surface area contributed by atoms with E-state index in [1.807, 2.05) is 13.8 Å². The van der Waals surface area contributed by atoms with E-state index in [2.05, 4.69) is 4.90 Å². The van der Waals surface area contributed by atoms with E-state index in [-0.39, 0.29) is 24.4 Å². The Morgan fingerprint density at radius 2 is 2.35 bits per heavy atom. The molecule has 5 heteroatoms. The number of benzene rings is 1. The summed E-state index contributed by atoms with van der Waals surface area (Å²) < 4.78 is 19.0. The van der Waals surface area contributed by atoms with Gasteiger partial charge < -0.3 is 9.84 Å². The summed E-state index contributed by atoms with van der Waals surface area (Å²) in [6.45, 7) is 5.32. The molecule has 0 radical (unpaired) electrons. The lowest BCUT2D eigenvalue weighted by Crippen LogP contribution is -2.41. The number of hydrogen-bond donors (Lipinski definition) is 1. The first-order valence-corrected chi connectivity index (χ1v) is 6.90. The summed E-state index contributed by atoms with van der Waals surface area (Å²) in [5.41, 5.74) is 0.886. The van der Waals surface area contributed by atoms with E-state index >= 15 is 0 Å². The molecule has 2 rings (SSSR count). The van der Waals surface area contributed by atoms with Gasteiger partial charge in [-0.15, -0.1) is 0 Å². The van der Waals surface area contributed by atoms with Gasteiger partial charge in [0.1, 0.15) is 17.7 Å². The van der Waals surface area contributed by atoms with Crippen LogP contribution in [0.2, 0.25) is 0 Å². The third-order valence-corrected chi connectivity index (χ3v) is 3.70. The lowest BCUT2D eigenvalue weighted by molar-refractivity contribution is -0.138. The van der Waals surface area contributed by atoms with E-state index in [1.54, 1.807) is 6.07 Å².